The van der Waals surface area contributed by atoms with Crippen LogP contribution in [0.2, 0.25) is 0 Å². The molecule has 5 heteroatoms. The molecule has 0 radical (unpaired) electrons. The van der Waals surface area contributed by atoms with Gasteiger partial charge in [-0.05, 0) is 42.8 Å². The lowest BCUT2D eigenvalue weighted by Crippen LogP contribution is -2.14. The second-order valence-corrected chi connectivity index (χ2v) is 4.62. The maximum atomic E-state index is 12.4. The number of nitrogen functional groups attached to an aromatic ring is 1. The number of carbonyl (C=O) groups excluding carboxylic acids is 1. The largest absolute Gasteiger partial charge is 0.496 e. The third-order valence-electron chi connectivity index (χ3n) is 3.07. The second-order valence-electron chi connectivity index (χ2n) is 4.62. The van der Waals surface area contributed by atoms with Crippen LogP contribution in [0.25, 0.3) is 0 Å². The van der Waals surface area contributed by atoms with E-state index in [1.54, 1.807) is 25.3 Å². The van der Waals surface area contributed by atoms with E-state index < -0.39 is 0 Å². The number of amides is 1. The summed E-state index contributed by atoms with van der Waals surface area (Å²) < 4.78 is 10.4. The molecule has 0 bridgehead atoms. The van der Waals surface area contributed by atoms with Gasteiger partial charge in [0.15, 0.2) is 0 Å². The van der Waals surface area contributed by atoms with E-state index in [4.69, 9.17) is 15.2 Å². The van der Waals surface area contributed by atoms with Crippen LogP contribution in [-0.2, 0) is 0 Å². The number of carbonyl (C=O) groups is 1. The number of nitrogens with one attached hydrogen (secondary N) is 1. The van der Waals surface area contributed by atoms with E-state index in [0.717, 1.165) is 5.56 Å². The monoisotopic (exact) mass is 286 g/mol. The molecule has 0 spiro atoms. The van der Waals surface area contributed by atoms with Crippen LogP contribution in [0.5, 0.6) is 11.5 Å². The van der Waals surface area contributed by atoms with Crippen LogP contribution < -0.4 is 20.5 Å². The Labute approximate surface area is 123 Å². The second kappa shape index (κ2) is 6.17. The molecule has 5 nitrogen and oxygen atoms in total. The van der Waals surface area contributed by atoms with Gasteiger partial charge in [-0.3, -0.25) is 4.79 Å². The SMILES string of the molecule is COc1ccc(C)cc1NC(=O)c1cc(N)ccc1OC. The van der Waals surface area contributed by atoms with Crippen molar-refractivity contribution in [1.29, 1.82) is 0 Å². The van der Waals surface area contributed by atoms with Gasteiger partial charge in [0.2, 0.25) is 0 Å². The molecule has 110 valence electrons. The van der Waals surface area contributed by atoms with Crippen LogP contribution in [0.15, 0.2) is 36.4 Å². The molecule has 0 aliphatic rings. The number of hydrogen-bond donors (Lipinski definition) is 2. The lowest BCUT2D eigenvalue weighted by atomic mass is 10.1. The first-order valence-electron chi connectivity index (χ1n) is 6.44. The minimum Gasteiger partial charge on any atom is -0.496 e. The lowest BCUT2D eigenvalue weighted by molar-refractivity contribution is 0.102. The maximum Gasteiger partial charge on any atom is 0.259 e. The van der Waals surface area contributed by atoms with Crippen LogP contribution in [0.3, 0.4) is 0 Å². The molecule has 3 N–H and O–H groups in total. The van der Waals surface area contributed by atoms with Gasteiger partial charge in [-0.2, -0.15) is 0 Å². The van der Waals surface area contributed by atoms with Crippen LogP contribution in [0, 0.1) is 6.92 Å². The molecule has 0 fully saturated rings. The normalized spacial score (nSPS) is 10.0. The minimum absolute atomic E-state index is 0.303. The molecule has 0 aliphatic heterocycles. The molecule has 1 amide bonds. The smallest absolute Gasteiger partial charge is 0.259 e. The molecule has 2 aromatic carbocycles. The molecule has 0 aliphatic carbocycles. The van der Waals surface area contributed by atoms with Gasteiger partial charge < -0.3 is 20.5 Å². The average molecular weight is 286 g/mol. The molecule has 0 aromatic heterocycles. The quantitative estimate of drug-likeness (QED) is 0.848. The van der Waals surface area contributed by atoms with Crippen LogP contribution in [-0.4, -0.2) is 20.1 Å². The number of aryl methyl sites for hydroxylation is 1. The Balaban J connectivity index is 2.34. The molecular formula is C16H18N2O3. The first-order valence-corrected chi connectivity index (χ1v) is 6.44. The fraction of sp³-hybridized carbons (Fsp3) is 0.188. The molecule has 0 heterocycles. The van der Waals surface area contributed by atoms with E-state index in [1.807, 2.05) is 25.1 Å². The van der Waals surface area contributed by atoms with Gasteiger partial charge in [-0.1, -0.05) is 6.07 Å². The summed E-state index contributed by atoms with van der Waals surface area (Å²) in [6.45, 7) is 1.94. The van der Waals surface area contributed by atoms with Crippen molar-refractivity contribution in [2.24, 2.45) is 0 Å². The lowest BCUT2D eigenvalue weighted by Gasteiger charge is -2.13. The van der Waals surface area contributed by atoms with Crippen molar-refractivity contribution in [3.8, 4) is 11.5 Å². The molecule has 2 aromatic rings. The zero-order valence-corrected chi connectivity index (χ0v) is 12.3. The average Bonchev–Trinajstić information content (AvgIpc) is 2.47. The highest BCUT2D eigenvalue weighted by Gasteiger charge is 2.15. The summed E-state index contributed by atoms with van der Waals surface area (Å²) in [5.74, 6) is 0.758. The highest BCUT2D eigenvalue weighted by molar-refractivity contribution is 6.07. The summed E-state index contributed by atoms with van der Waals surface area (Å²) >= 11 is 0. The van der Waals surface area contributed by atoms with E-state index >= 15 is 0 Å². The highest BCUT2D eigenvalue weighted by Crippen LogP contribution is 2.27. The summed E-state index contributed by atoms with van der Waals surface area (Å²) in [6, 6.07) is 10.5. The van der Waals surface area contributed by atoms with Crippen molar-refractivity contribution in [1.82, 2.24) is 0 Å². The Kier molecular flexibility index (Phi) is 4.33. The fourth-order valence-electron chi connectivity index (χ4n) is 2.01. The molecule has 0 unspecified atom stereocenters. The fourth-order valence-corrected chi connectivity index (χ4v) is 2.01. The van der Waals surface area contributed by atoms with Crippen molar-refractivity contribution in [3.63, 3.8) is 0 Å². The van der Waals surface area contributed by atoms with Crippen LogP contribution >= 0.6 is 0 Å². The van der Waals surface area contributed by atoms with Gasteiger partial charge in [0.05, 0.1) is 25.5 Å². The number of anilines is 2. The Morgan fingerprint density at radius 1 is 1.05 bits per heavy atom. The number of benzene rings is 2. The number of methoxy groups -OCH3 is 2. The topological polar surface area (TPSA) is 73.6 Å². The first-order chi connectivity index (χ1) is 10.0. The van der Waals surface area contributed by atoms with Gasteiger partial charge in [0, 0.05) is 5.69 Å². The maximum absolute atomic E-state index is 12.4. The van der Waals surface area contributed by atoms with Gasteiger partial charge in [-0.15, -0.1) is 0 Å². The third-order valence-corrected chi connectivity index (χ3v) is 3.07. The molecule has 2 rings (SSSR count). The summed E-state index contributed by atoms with van der Waals surface area (Å²) in [5.41, 5.74) is 8.23. The molecule has 0 saturated heterocycles. The Morgan fingerprint density at radius 3 is 2.38 bits per heavy atom. The van der Waals surface area contributed by atoms with Crippen molar-refractivity contribution in [3.05, 3.63) is 47.5 Å². The van der Waals surface area contributed by atoms with Crippen molar-refractivity contribution in [2.45, 2.75) is 6.92 Å². The van der Waals surface area contributed by atoms with Crippen LogP contribution in [0.1, 0.15) is 15.9 Å². The summed E-state index contributed by atoms with van der Waals surface area (Å²) in [4.78, 5) is 12.4. The van der Waals surface area contributed by atoms with E-state index in [0.29, 0.717) is 28.4 Å². The Bertz CT molecular complexity index is 669. The van der Waals surface area contributed by atoms with Crippen molar-refractivity contribution >= 4 is 17.3 Å². The van der Waals surface area contributed by atoms with E-state index in [1.165, 1.54) is 7.11 Å². The van der Waals surface area contributed by atoms with Gasteiger partial charge in [0.1, 0.15) is 11.5 Å². The van der Waals surface area contributed by atoms with Gasteiger partial charge in [0.25, 0.3) is 5.91 Å². The zero-order valence-electron chi connectivity index (χ0n) is 12.3. The van der Waals surface area contributed by atoms with E-state index in [-0.39, 0.29) is 5.91 Å². The number of ether oxygens (including phenoxy) is 2. The Hall–Kier alpha value is -2.69. The minimum atomic E-state index is -0.303. The van der Waals surface area contributed by atoms with Crippen LogP contribution in [0.4, 0.5) is 11.4 Å². The standard InChI is InChI=1S/C16H18N2O3/c1-10-4-6-15(21-3)13(8-10)18-16(19)12-9-11(17)5-7-14(12)20-2/h4-9H,17H2,1-3H3,(H,18,19). The van der Waals surface area contributed by atoms with E-state index in [9.17, 15) is 4.79 Å². The van der Waals surface area contributed by atoms with Crippen molar-refractivity contribution in [2.75, 3.05) is 25.3 Å². The Morgan fingerprint density at radius 2 is 1.71 bits per heavy atom. The molecule has 21 heavy (non-hydrogen) atoms. The van der Waals surface area contributed by atoms with Gasteiger partial charge in [-0.25, -0.2) is 0 Å². The molecule has 0 saturated carbocycles. The third kappa shape index (κ3) is 3.25. The molecular weight excluding hydrogens is 268 g/mol. The van der Waals surface area contributed by atoms with Gasteiger partial charge >= 0.3 is 0 Å². The van der Waals surface area contributed by atoms with Crippen molar-refractivity contribution < 1.29 is 14.3 Å². The number of nitrogens with two attached hydrogens (primary N) is 1. The highest BCUT2D eigenvalue weighted by atomic mass is 16.5. The summed E-state index contributed by atoms with van der Waals surface area (Å²) in [5, 5.41) is 2.82. The summed E-state index contributed by atoms with van der Waals surface area (Å²) in [7, 11) is 3.07. The zero-order chi connectivity index (χ0) is 15.4. The first kappa shape index (κ1) is 14.7. The number of hydrogen-bond acceptors (Lipinski definition) is 4. The predicted octanol–water partition coefficient (Wildman–Crippen LogP) is 2.85. The number of rotatable bonds is 4. The molecule has 0 atom stereocenters. The van der Waals surface area contributed by atoms with E-state index in [2.05, 4.69) is 5.32 Å². The predicted molar refractivity (Wildman–Crippen MR) is 83.1 cm³/mol. The summed E-state index contributed by atoms with van der Waals surface area (Å²) in [6.07, 6.45) is 0.